The highest BCUT2D eigenvalue weighted by Crippen LogP contribution is 2.30. The van der Waals surface area contributed by atoms with E-state index >= 15 is 0 Å². The van der Waals surface area contributed by atoms with Crippen LogP contribution >= 0.6 is 0 Å². The van der Waals surface area contributed by atoms with Crippen molar-refractivity contribution in [2.24, 2.45) is 0 Å². The highest BCUT2D eigenvalue weighted by Gasteiger charge is 2.17. The third kappa shape index (κ3) is 4.63. The van der Waals surface area contributed by atoms with Crippen molar-refractivity contribution in [3.63, 3.8) is 0 Å². The summed E-state index contributed by atoms with van der Waals surface area (Å²) in [6.45, 7) is 4.48. The molecule has 3 aromatic rings. The van der Waals surface area contributed by atoms with Gasteiger partial charge in [0.05, 0.1) is 25.5 Å². The van der Waals surface area contributed by atoms with E-state index in [4.69, 9.17) is 9.47 Å². The Balaban J connectivity index is 1.78. The van der Waals surface area contributed by atoms with Gasteiger partial charge >= 0.3 is 0 Å². The number of rotatable bonds is 7. The van der Waals surface area contributed by atoms with Crippen molar-refractivity contribution < 1.29 is 14.3 Å². The van der Waals surface area contributed by atoms with E-state index in [-0.39, 0.29) is 5.91 Å². The monoisotopic (exact) mass is 392 g/mol. The highest BCUT2D eigenvalue weighted by atomic mass is 16.5. The van der Waals surface area contributed by atoms with Crippen LogP contribution in [0.1, 0.15) is 22.8 Å². The summed E-state index contributed by atoms with van der Waals surface area (Å²) < 4.78 is 10.6. The second-order valence-corrected chi connectivity index (χ2v) is 6.37. The largest absolute Gasteiger partial charge is 0.497 e. The Kier molecular flexibility index (Phi) is 6.29. The maximum Gasteiger partial charge on any atom is 0.261 e. The van der Waals surface area contributed by atoms with E-state index in [2.05, 4.69) is 15.3 Å². The molecule has 1 heterocycles. The van der Waals surface area contributed by atoms with E-state index in [0.717, 1.165) is 11.3 Å². The second kappa shape index (κ2) is 9.05. The lowest BCUT2D eigenvalue weighted by Crippen LogP contribution is -2.30. The van der Waals surface area contributed by atoms with E-state index in [9.17, 15) is 4.79 Å². The van der Waals surface area contributed by atoms with Gasteiger partial charge in [-0.1, -0.05) is 12.1 Å². The maximum absolute atomic E-state index is 12.9. The lowest BCUT2D eigenvalue weighted by Gasteiger charge is -2.21. The molecule has 0 aliphatic carbocycles. The van der Waals surface area contributed by atoms with Gasteiger partial charge in [0.25, 0.3) is 5.91 Å². The number of amides is 1. The van der Waals surface area contributed by atoms with Crippen LogP contribution in [-0.4, -0.2) is 36.6 Å². The highest BCUT2D eigenvalue weighted by molar-refractivity contribution is 6.05. The van der Waals surface area contributed by atoms with E-state index in [0.29, 0.717) is 35.2 Å². The van der Waals surface area contributed by atoms with Crippen LogP contribution in [-0.2, 0) is 0 Å². The number of benzene rings is 2. The number of nitrogens with one attached hydrogen (secondary N) is 1. The standard InChI is InChI=1S/C22H24N4O3/c1-5-26(17-8-6-7-15(2)11-17)21(27)16-13-23-22(24-14-16)25-19-10-9-18(28-3)12-20(19)29-4/h6-14H,5H2,1-4H3,(H,23,24,25). The second-order valence-electron chi connectivity index (χ2n) is 6.37. The summed E-state index contributed by atoms with van der Waals surface area (Å²) in [7, 11) is 3.17. The summed E-state index contributed by atoms with van der Waals surface area (Å²) in [5.41, 5.74) is 3.06. The van der Waals surface area contributed by atoms with Crippen molar-refractivity contribution in [3.8, 4) is 11.5 Å². The molecule has 1 amide bonds. The zero-order valence-corrected chi connectivity index (χ0v) is 17.0. The molecule has 29 heavy (non-hydrogen) atoms. The molecule has 0 bridgehead atoms. The fourth-order valence-electron chi connectivity index (χ4n) is 2.92. The summed E-state index contributed by atoms with van der Waals surface area (Å²) in [4.78, 5) is 23.2. The first kappa shape index (κ1) is 20.1. The van der Waals surface area contributed by atoms with E-state index in [1.54, 1.807) is 25.2 Å². The Morgan fingerprint density at radius 2 is 1.83 bits per heavy atom. The van der Waals surface area contributed by atoms with Crippen molar-refractivity contribution in [1.82, 2.24) is 9.97 Å². The summed E-state index contributed by atoms with van der Waals surface area (Å²) >= 11 is 0. The number of aryl methyl sites for hydroxylation is 1. The average Bonchev–Trinajstić information content (AvgIpc) is 2.75. The first-order valence-corrected chi connectivity index (χ1v) is 9.25. The molecule has 0 aliphatic rings. The number of carbonyl (C=O) groups excluding carboxylic acids is 1. The van der Waals surface area contributed by atoms with Gasteiger partial charge in [-0.15, -0.1) is 0 Å². The number of nitrogens with zero attached hydrogens (tertiary/aromatic N) is 3. The quantitative estimate of drug-likeness (QED) is 0.649. The minimum atomic E-state index is -0.147. The van der Waals surface area contributed by atoms with E-state index in [1.165, 1.54) is 12.4 Å². The molecule has 0 fully saturated rings. The molecule has 150 valence electrons. The van der Waals surface area contributed by atoms with Crippen LogP contribution in [0, 0.1) is 6.92 Å². The molecule has 1 N–H and O–H groups in total. The number of anilines is 3. The fourth-order valence-corrected chi connectivity index (χ4v) is 2.92. The lowest BCUT2D eigenvalue weighted by atomic mass is 10.2. The smallest absolute Gasteiger partial charge is 0.261 e. The molecule has 7 nitrogen and oxygen atoms in total. The Morgan fingerprint density at radius 3 is 2.45 bits per heavy atom. The Hall–Kier alpha value is -3.61. The Morgan fingerprint density at radius 1 is 1.07 bits per heavy atom. The number of aromatic nitrogens is 2. The first-order chi connectivity index (χ1) is 14.0. The Bertz CT molecular complexity index is 990. The van der Waals surface area contributed by atoms with Gasteiger partial charge in [0.1, 0.15) is 11.5 Å². The number of ether oxygens (including phenoxy) is 2. The molecule has 0 saturated heterocycles. The topological polar surface area (TPSA) is 76.6 Å². The minimum absolute atomic E-state index is 0.147. The van der Waals surface area contributed by atoms with Crippen LogP contribution in [0.15, 0.2) is 54.9 Å². The zero-order chi connectivity index (χ0) is 20.8. The molecule has 0 unspecified atom stereocenters. The van der Waals surface area contributed by atoms with Crippen molar-refractivity contribution in [2.45, 2.75) is 13.8 Å². The van der Waals surface area contributed by atoms with Gasteiger partial charge in [-0.05, 0) is 43.7 Å². The molecular weight excluding hydrogens is 368 g/mol. The summed E-state index contributed by atoms with van der Waals surface area (Å²) in [6, 6.07) is 13.2. The van der Waals surface area contributed by atoms with E-state index in [1.807, 2.05) is 50.2 Å². The van der Waals surface area contributed by atoms with Crippen molar-refractivity contribution in [2.75, 3.05) is 31.0 Å². The SMILES string of the molecule is CCN(C(=O)c1cnc(Nc2ccc(OC)cc2OC)nc1)c1cccc(C)c1. The lowest BCUT2D eigenvalue weighted by molar-refractivity contribution is 0.0987. The molecule has 3 rings (SSSR count). The van der Waals surface area contributed by atoms with Gasteiger partial charge in [-0.25, -0.2) is 9.97 Å². The molecule has 0 atom stereocenters. The van der Waals surface area contributed by atoms with Crippen LogP contribution in [0.25, 0.3) is 0 Å². The third-order valence-electron chi connectivity index (χ3n) is 4.43. The molecule has 0 aliphatic heterocycles. The molecule has 2 aromatic carbocycles. The van der Waals surface area contributed by atoms with Gasteiger partial charge in [0, 0.05) is 30.7 Å². The van der Waals surface area contributed by atoms with Gasteiger partial charge < -0.3 is 19.7 Å². The minimum Gasteiger partial charge on any atom is -0.497 e. The number of hydrogen-bond acceptors (Lipinski definition) is 6. The van der Waals surface area contributed by atoms with Gasteiger partial charge in [-0.2, -0.15) is 0 Å². The van der Waals surface area contributed by atoms with Crippen LogP contribution in [0.2, 0.25) is 0 Å². The van der Waals surface area contributed by atoms with Crippen molar-refractivity contribution >= 4 is 23.2 Å². The predicted octanol–water partition coefficient (Wildman–Crippen LogP) is 4.21. The predicted molar refractivity (Wildman–Crippen MR) is 113 cm³/mol. The van der Waals surface area contributed by atoms with Crippen molar-refractivity contribution in [3.05, 3.63) is 66.0 Å². The molecular formula is C22H24N4O3. The number of carbonyl (C=O) groups is 1. The van der Waals surface area contributed by atoms with E-state index < -0.39 is 0 Å². The maximum atomic E-state index is 12.9. The van der Waals surface area contributed by atoms with Crippen molar-refractivity contribution in [1.29, 1.82) is 0 Å². The number of hydrogen-bond donors (Lipinski definition) is 1. The normalized spacial score (nSPS) is 10.3. The fraction of sp³-hybridized carbons (Fsp3) is 0.227. The Labute approximate surface area is 170 Å². The zero-order valence-electron chi connectivity index (χ0n) is 17.0. The van der Waals surface area contributed by atoms with Gasteiger partial charge in [0.15, 0.2) is 0 Å². The van der Waals surface area contributed by atoms with Gasteiger partial charge in [0.2, 0.25) is 5.95 Å². The van der Waals surface area contributed by atoms with Crippen LogP contribution in [0.4, 0.5) is 17.3 Å². The molecule has 7 heteroatoms. The van der Waals surface area contributed by atoms with Gasteiger partial charge in [-0.3, -0.25) is 4.79 Å². The summed E-state index contributed by atoms with van der Waals surface area (Å²) in [6.07, 6.45) is 3.04. The third-order valence-corrected chi connectivity index (χ3v) is 4.43. The molecule has 1 aromatic heterocycles. The van der Waals surface area contributed by atoms with Crippen LogP contribution < -0.4 is 19.7 Å². The molecule has 0 radical (unpaired) electrons. The first-order valence-electron chi connectivity index (χ1n) is 9.25. The molecule has 0 saturated carbocycles. The average molecular weight is 392 g/mol. The molecule has 0 spiro atoms. The summed E-state index contributed by atoms with van der Waals surface area (Å²) in [5, 5.41) is 3.10. The van der Waals surface area contributed by atoms with Crippen LogP contribution in [0.5, 0.6) is 11.5 Å². The van der Waals surface area contributed by atoms with Crippen LogP contribution in [0.3, 0.4) is 0 Å². The summed E-state index contributed by atoms with van der Waals surface area (Å²) in [5.74, 6) is 1.50. The number of methoxy groups -OCH3 is 2.